The smallest absolute Gasteiger partial charge is 0.303 e. The van der Waals surface area contributed by atoms with Crippen LogP contribution in [0, 0.1) is 0 Å². The van der Waals surface area contributed by atoms with Crippen LogP contribution in [0.4, 0.5) is 0 Å². The summed E-state index contributed by atoms with van der Waals surface area (Å²) in [5.74, 6) is -0.728. The Morgan fingerprint density at radius 3 is 2.85 bits per heavy atom. The zero-order valence-electron chi connectivity index (χ0n) is 11.8. The SMILES string of the molecule is COCCCn1cc(CCCC(=O)O)c2ccccc21. The second-order valence-electron chi connectivity index (χ2n) is 4.96. The van der Waals surface area contributed by atoms with Crippen molar-refractivity contribution in [3.8, 4) is 0 Å². The summed E-state index contributed by atoms with van der Waals surface area (Å²) < 4.78 is 7.34. The summed E-state index contributed by atoms with van der Waals surface area (Å²) in [7, 11) is 1.71. The molecular weight excluding hydrogens is 254 g/mol. The summed E-state index contributed by atoms with van der Waals surface area (Å²) in [6.07, 6.45) is 4.85. The first kappa shape index (κ1) is 14.6. The standard InChI is InChI=1S/C16H21NO3/c1-20-11-5-10-17-12-13(6-4-9-16(18)19)14-7-2-3-8-15(14)17/h2-3,7-8,12H,4-6,9-11H2,1H3,(H,18,19). The number of nitrogens with zero attached hydrogens (tertiary/aromatic N) is 1. The van der Waals surface area contributed by atoms with E-state index in [-0.39, 0.29) is 6.42 Å². The van der Waals surface area contributed by atoms with E-state index in [0.717, 1.165) is 26.0 Å². The van der Waals surface area contributed by atoms with Gasteiger partial charge in [0.15, 0.2) is 0 Å². The number of methoxy groups -OCH3 is 1. The van der Waals surface area contributed by atoms with Gasteiger partial charge in [-0.1, -0.05) is 18.2 Å². The Bertz CT molecular complexity index is 574. The summed E-state index contributed by atoms with van der Waals surface area (Å²) in [6.45, 7) is 1.67. The highest BCUT2D eigenvalue weighted by Crippen LogP contribution is 2.23. The fraction of sp³-hybridized carbons (Fsp3) is 0.438. The largest absolute Gasteiger partial charge is 0.481 e. The van der Waals surface area contributed by atoms with Gasteiger partial charge in [-0.2, -0.15) is 0 Å². The summed E-state index contributed by atoms with van der Waals surface area (Å²) in [5.41, 5.74) is 2.45. The molecule has 0 atom stereocenters. The highest BCUT2D eigenvalue weighted by molar-refractivity contribution is 5.84. The average molecular weight is 275 g/mol. The number of hydrogen-bond acceptors (Lipinski definition) is 2. The molecule has 1 heterocycles. The normalized spacial score (nSPS) is 11.1. The predicted molar refractivity (Wildman–Crippen MR) is 79.0 cm³/mol. The molecule has 1 aromatic heterocycles. The van der Waals surface area contributed by atoms with E-state index in [4.69, 9.17) is 9.84 Å². The first-order valence-electron chi connectivity index (χ1n) is 7.00. The highest BCUT2D eigenvalue weighted by Gasteiger charge is 2.08. The van der Waals surface area contributed by atoms with Crippen molar-refractivity contribution < 1.29 is 14.6 Å². The average Bonchev–Trinajstić information content (AvgIpc) is 2.78. The molecule has 1 aromatic carbocycles. The molecule has 0 aliphatic heterocycles. The van der Waals surface area contributed by atoms with Gasteiger partial charge >= 0.3 is 5.97 Å². The monoisotopic (exact) mass is 275 g/mol. The molecule has 0 saturated heterocycles. The maximum atomic E-state index is 10.6. The quantitative estimate of drug-likeness (QED) is 0.753. The third-order valence-electron chi connectivity index (χ3n) is 3.46. The molecular formula is C16H21NO3. The zero-order valence-corrected chi connectivity index (χ0v) is 11.8. The van der Waals surface area contributed by atoms with E-state index in [1.54, 1.807) is 7.11 Å². The molecule has 4 heteroatoms. The zero-order chi connectivity index (χ0) is 14.4. The van der Waals surface area contributed by atoms with E-state index in [0.29, 0.717) is 6.42 Å². The number of carboxylic acid groups (broad SMARTS) is 1. The minimum Gasteiger partial charge on any atom is -0.481 e. The van der Waals surface area contributed by atoms with Crippen LogP contribution in [-0.2, 0) is 22.5 Å². The van der Waals surface area contributed by atoms with Crippen molar-refractivity contribution in [2.45, 2.75) is 32.2 Å². The van der Waals surface area contributed by atoms with E-state index in [1.807, 2.05) is 12.1 Å². The number of ether oxygens (including phenoxy) is 1. The summed E-state index contributed by atoms with van der Waals surface area (Å²) in [6, 6.07) is 8.29. The highest BCUT2D eigenvalue weighted by atomic mass is 16.5. The van der Waals surface area contributed by atoms with Gasteiger partial charge in [0.2, 0.25) is 0 Å². The van der Waals surface area contributed by atoms with Gasteiger partial charge in [0.25, 0.3) is 0 Å². The number of carboxylic acids is 1. The lowest BCUT2D eigenvalue weighted by Crippen LogP contribution is -2.00. The first-order chi connectivity index (χ1) is 9.72. The Morgan fingerprint density at radius 2 is 2.10 bits per heavy atom. The molecule has 0 bridgehead atoms. The van der Waals surface area contributed by atoms with Crippen molar-refractivity contribution in [3.05, 3.63) is 36.0 Å². The Kier molecular flexibility index (Phi) is 5.18. The lowest BCUT2D eigenvalue weighted by Gasteiger charge is -2.04. The molecule has 0 radical (unpaired) electrons. The maximum Gasteiger partial charge on any atom is 0.303 e. The van der Waals surface area contributed by atoms with Crippen LogP contribution in [0.5, 0.6) is 0 Å². The minimum absolute atomic E-state index is 0.225. The van der Waals surface area contributed by atoms with Crippen LogP contribution in [0.25, 0.3) is 10.9 Å². The second-order valence-corrected chi connectivity index (χ2v) is 4.96. The van der Waals surface area contributed by atoms with Crippen molar-refractivity contribution in [2.24, 2.45) is 0 Å². The molecule has 1 N–H and O–H groups in total. The fourth-order valence-electron chi connectivity index (χ4n) is 2.52. The Hall–Kier alpha value is -1.81. The molecule has 0 spiro atoms. The fourth-order valence-corrected chi connectivity index (χ4v) is 2.52. The maximum absolute atomic E-state index is 10.6. The number of benzene rings is 1. The van der Waals surface area contributed by atoms with Crippen LogP contribution >= 0.6 is 0 Å². The molecule has 4 nitrogen and oxygen atoms in total. The van der Waals surface area contributed by atoms with Gasteiger partial charge in [-0.05, 0) is 30.9 Å². The minimum atomic E-state index is -0.728. The topological polar surface area (TPSA) is 51.5 Å². The van der Waals surface area contributed by atoms with Crippen LogP contribution in [0.3, 0.4) is 0 Å². The van der Waals surface area contributed by atoms with Crippen molar-refractivity contribution in [3.63, 3.8) is 0 Å². The molecule has 0 aliphatic rings. The molecule has 0 fully saturated rings. The number of aliphatic carboxylic acids is 1. The van der Waals surface area contributed by atoms with Crippen molar-refractivity contribution in [1.29, 1.82) is 0 Å². The predicted octanol–water partition coefficient (Wildman–Crippen LogP) is 3.09. The number of aryl methyl sites for hydroxylation is 2. The number of aromatic nitrogens is 1. The van der Waals surface area contributed by atoms with Gasteiger partial charge in [-0.25, -0.2) is 0 Å². The van der Waals surface area contributed by atoms with E-state index < -0.39 is 5.97 Å². The van der Waals surface area contributed by atoms with Gasteiger partial charge in [-0.3, -0.25) is 4.79 Å². The Morgan fingerprint density at radius 1 is 1.30 bits per heavy atom. The van der Waals surface area contributed by atoms with Crippen LogP contribution < -0.4 is 0 Å². The van der Waals surface area contributed by atoms with Gasteiger partial charge in [0, 0.05) is 43.8 Å². The molecule has 20 heavy (non-hydrogen) atoms. The molecule has 108 valence electrons. The molecule has 2 rings (SSSR count). The number of para-hydroxylation sites is 1. The summed E-state index contributed by atoms with van der Waals surface area (Å²) >= 11 is 0. The van der Waals surface area contributed by atoms with E-state index in [9.17, 15) is 4.79 Å². The van der Waals surface area contributed by atoms with Crippen LogP contribution in [-0.4, -0.2) is 29.4 Å². The van der Waals surface area contributed by atoms with E-state index in [1.165, 1.54) is 16.5 Å². The lowest BCUT2D eigenvalue weighted by molar-refractivity contribution is -0.137. The second kappa shape index (κ2) is 7.10. The van der Waals surface area contributed by atoms with Crippen LogP contribution in [0.1, 0.15) is 24.8 Å². The van der Waals surface area contributed by atoms with Gasteiger partial charge in [-0.15, -0.1) is 0 Å². The van der Waals surface area contributed by atoms with Gasteiger partial charge in [0.1, 0.15) is 0 Å². The summed E-state index contributed by atoms with van der Waals surface area (Å²) in [4.78, 5) is 10.6. The van der Waals surface area contributed by atoms with Crippen LogP contribution in [0.2, 0.25) is 0 Å². The van der Waals surface area contributed by atoms with Gasteiger partial charge in [0.05, 0.1) is 0 Å². The number of carbonyl (C=O) groups is 1. The van der Waals surface area contributed by atoms with E-state index in [2.05, 4.69) is 22.9 Å². The first-order valence-corrected chi connectivity index (χ1v) is 7.00. The Balaban J connectivity index is 2.14. The summed E-state index contributed by atoms with van der Waals surface area (Å²) in [5, 5.41) is 9.97. The third kappa shape index (κ3) is 3.61. The number of fused-ring (bicyclic) bond motifs is 1. The van der Waals surface area contributed by atoms with Crippen molar-refractivity contribution in [2.75, 3.05) is 13.7 Å². The van der Waals surface area contributed by atoms with E-state index >= 15 is 0 Å². The van der Waals surface area contributed by atoms with Crippen LogP contribution in [0.15, 0.2) is 30.5 Å². The Labute approximate surface area is 119 Å². The molecule has 0 unspecified atom stereocenters. The third-order valence-corrected chi connectivity index (χ3v) is 3.46. The number of rotatable bonds is 8. The molecule has 0 aliphatic carbocycles. The van der Waals surface area contributed by atoms with Crippen molar-refractivity contribution >= 4 is 16.9 Å². The van der Waals surface area contributed by atoms with Crippen molar-refractivity contribution in [1.82, 2.24) is 4.57 Å². The van der Waals surface area contributed by atoms with Gasteiger partial charge < -0.3 is 14.4 Å². The number of hydrogen-bond donors (Lipinski definition) is 1. The lowest BCUT2D eigenvalue weighted by atomic mass is 10.1. The molecule has 0 saturated carbocycles. The molecule has 0 amide bonds. The molecule has 2 aromatic rings.